The Morgan fingerprint density at radius 3 is 2.66 bits per heavy atom. The van der Waals surface area contributed by atoms with Crippen molar-refractivity contribution >= 4 is 74.1 Å². The van der Waals surface area contributed by atoms with Crippen molar-refractivity contribution in [2.75, 3.05) is 12.3 Å². The molecule has 1 aliphatic rings. The number of thiocarbonyl (C=S) groups is 1. The number of aromatic carboxylic acids is 1. The Balaban J connectivity index is 1.31. The Bertz CT molecular complexity index is 1930. The van der Waals surface area contributed by atoms with Crippen molar-refractivity contribution in [2.45, 2.75) is 13.3 Å². The van der Waals surface area contributed by atoms with Gasteiger partial charge in [0.1, 0.15) is 9.84 Å². The quantitative estimate of drug-likeness (QED) is 0.191. The predicted molar refractivity (Wildman–Crippen MR) is 168 cm³/mol. The zero-order valence-corrected chi connectivity index (χ0v) is 23.9. The van der Waals surface area contributed by atoms with Crippen LogP contribution >= 0.6 is 24.0 Å². The summed E-state index contributed by atoms with van der Waals surface area (Å²) in [7, 11) is 1.91. The number of rotatable bonds is 6. The van der Waals surface area contributed by atoms with Gasteiger partial charge in [-0.05, 0) is 72.0 Å². The number of pyridine rings is 1. The van der Waals surface area contributed by atoms with Gasteiger partial charge in [0.05, 0.1) is 21.5 Å². The van der Waals surface area contributed by atoms with Crippen molar-refractivity contribution in [3.63, 3.8) is 0 Å². The summed E-state index contributed by atoms with van der Waals surface area (Å²) >= 11 is 6.82. The van der Waals surface area contributed by atoms with Gasteiger partial charge in [-0.25, -0.2) is 9.78 Å². The molecule has 0 aliphatic carbocycles. The van der Waals surface area contributed by atoms with E-state index in [1.54, 1.807) is 35.4 Å². The number of carbonyl (C=O) groups is 2. The lowest BCUT2D eigenvalue weighted by Gasteiger charge is -2.14. The summed E-state index contributed by atoms with van der Waals surface area (Å²) in [6.07, 6.45) is 4.21. The van der Waals surface area contributed by atoms with E-state index >= 15 is 0 Å². The van der Waals surface area contributed by atoms with E-state index in [9.17, 15) is 9.59 Å². The van der Waals surface area contributed by atoms with Crippen molar-refractivity contribution in [1.29, 1.82) is 0 Å². The molecule has 0 atom stereocenters. The Labute approximate surface area is 245 Å². The van der Waals surface area contributed by atoms with Gasteiger partial charge in [-0.15, -0.1) is 0 Å². The second kappa shape index (κ2) is 10.5. The van der Waals surface area contributed by atoms with Gasteiger partial charge in [0, 0.05) is 30.7 Å². The predicted octanol–water partition coefficient (Wildman–Crippen LogP) is 5.82. The molecular weight excluding hydrogens is 555 g/mol. The number of anilines is 1. The second-order valence-corrected chi connectivity index (χ2v) is 11.5. The molecular formula is C31H25N5O3S2. The summed E-state index contributed by atoms with van der Waals surface area (Å²) in [4.78, 5) is 35.9. The molecule has 3 aromatic carbocycles. The van der Waals surface area contributed by atoms with Gasteiger partial charge in [0.2, 0.25) is 5.95 Å². The van der Waals surface area contributed by atoms with E-state index < -0.39 is 5.97 Å². The van der Waals surface area contributed by atoms with Crippen LogP contribution in [-0.4, -0.2) is 47.3 Å². The maximum Gasteiger partial charge on any atom is 0.335 e. The summed E-state index contributed by atoms with van der Waals surface area (Å²) in [6.45, 7) is 2.47. The van der Waals surface area contributed by atoms with Crippen LogP contribution in [-0.2, 0) is 18.3 Å². The van der Waals surface area contributed by atoms with Crippen LogP contribution < -0.4 is 5.73 Å². The van der Waals surface area contributed by atoms with Gasteiger partial charge in [0.25, 0.3) is 5.91 Å². The van der Waals surface area contributed by atoms with Crippen LogP contribution in [0.15, 0.2) is 71.8 Å². The monoisotopic (exact) mass is 579 g/mol. The minimum absolute atomic E-state index is 0.136. The molecule has 0 bridgehead atoms. The van der Waals surface area contributed by atoms with Crippen LogP contribution in [0.5, 0.6) is 0 Å². The molecule has 8 nitrogen and oxygen atoms in total. The number of thioether (sulfide) groups is 1. The molecule has 1 aliphatic heterocycles. The molecule has 41 heavy (non-hydrogen) atoms. The first-order chi connectivity index (χ1) is 19.7. The van der Waals surface area contributed by atoms with Gasteiger partial charge in [-0.1, -0.05) is 54.3 Å². The summed E-state index contributed by atoms with van der Waals surface area (Å²) in [6, 6.07) is 18.6. The molecule has 2 aromatic heterocycles. The third kappa shape index (κ3) is 4.75. The molecule has 0 spiro atoms. The molecule has 0 saturated carbocycles. The number of nitrogen functional groups attached to an aromatic ring is 1. The summed E-state index contributed by atoms with van der Waals surface area (Å²) < 4.78 is 2.40. The highest BCUT2D eigenvalue weighted by Crippen LogP contribution is 2.39. The highest BCUT2D eigenvalue weighted by molar-refractivity contribution is 8.26. The molecule has 1 fully saturated rings. The molecule has 5 aromatic rings. The lowest BCUT2D eigenvalue weighted by atomic mass is 9.94. The van der Waals surface area contributed by atoms with Gasteiger partial charge in [0.15, 0.2) is 0 Å². The Morgan fingerprint density at radius 1 is 1.12 bits per heavy atom. The first-order valence-electron chi connectivity index (χ1n) is 12.9. The fourth-order valence-corrected chi connectivity index (χ4v) is 6.57. The number of aromatic nitrogens is 3. The number of hydrogen-bond acceptors (Lipinski definition) is 7. The first-order valence-corrected chi connectivity index (χ1v) is 14.1. The maximum atomic E-state index is 13.3. The van der Waals surface area contributed by atoms with Crippen LogP contribution in [0.1, 0.15) is 27.0 Å². The van der Waals surface area contributed by atoms with Gasteiger partial charge in [-0.2, -0.15) is 0 Å². The molecule has 3 N–H and O–H groups in total. The topological polar surface area (TPSA) is 114 Å². The van der Waals surface area contributed by atoms with Crippen molar-refractivity contribution in [2.24, 2.45) is 7.05 Å². The van der Waals surface area contributed by atoms with E-state index in [0.29, 0.717) is 28.1 Å². The number of fused-ring (bicyclic) bond motifs is 3. The van der Waals surface area contributed by atoms with Crippen molar-refractivity contribution < 1.29 is 14.7 Å². The Morgan fingerprint density at radius 2 is 1.90 bits per heavy atom. The maximum absolute atomic E-state index is 13.3. The normalized spacial score (nSPS) is 14.6. The summed E-state index contributed by atoms with van der Waals surface area (Å²) in [5.41, 5.74) is 13.8. The number of nitrogens with two attached hydrogens (primary N) is 1. The number of carboxylic acids is 1. The Kier molecular flexibility index (Phi) is 6.80. The van der Waals surface area contributed by atoms with E-state index in [2.05, 4.69) is 18.0 Å². The van der Waals surface area contributed by atoms with Crippen LogP contribution in [0.3, 0.4) is 0 Å². The second-order valence-electron chi connectivity index (χ2n) is 9.84. The molecule has 1 saturated heterocycles. The minimum atomic E-state index is -0.968. The number of carbonyl (C=O) groups excluding carboxylic acids is 1. The molecule has 1 amide bonds. The third-order valence-corrected chi connectivity index (χ3v) is 8.71. The van der Waals surface area contributed by atoms with Crippen LogP contribution in [0.4, 0.5) is 5.95 Å². The summed E-state index contributed by atoms with van der Waals surface area (Å²) in [5, 5.41) is 10.0. The smallest absolute Gasteiger partial charge is 0.335 e. The zero-order chi connectivity index (χ0) is 28.8. The van der Waals surface area contributed by atoms with E-state index in [1.807, 2.05) is 48.0 Å². The van der Waals surface area contributed by atoms with Crippen molar-refractivity contribution in [3.8, 4) is 11.1 Å². The minimum Gasteiger partial charge on any atom is -0.478 e. The number of aryl methyl sites for hydroxylation is 2. The fourth-order valence-electron chi connectivity index (χ4n) is 5.26. The average molecular weight is 580 g/mol. The van der Waals surface area contributed by atoms with Crippen LogP contribution in [0, 0.1) is 6.92 Å². The Hall–Kier alpha value is -4.54. The first kappa shape index (κ1) is 26.7. The number of nitrogens with zero attached hydrogens (tertiary/aromatic N) is 4. The van der Waals surface area contributed by atoms with Crippen LogP contribution in [0.2, 0.25) is 0 Å². The van der Waals surface area contributed by atoms with Crippen molar-refractivity contribution in [1.82, 2.24) is 19.4 Å². The molecule has 10 heteroatoms. The lowest BCUT2D eigenvalue weighted by Crippen LogP contribution is -2.30. The molecule has 0 radical (unpaired) electrons. The number of imidazole rings is 1. The van der Waals surface area contributed by atoms with Crippen molar-refractivity contribution in [3.05, 3.63) is 94.0 Å². The van der Waals surface area contributed by atoms with E-state index in [-0.39, 0.29) is 11.5 Å². The van der Waals surface area contributed by atoms with Gasteiger partial charge < -0.3 is 15.4 Å². The van der Waals surface area contributed by atoms with E-state index in [4.69, 9.17) is 28.0 Å². The molecule has 6 rings (SSSR count). The van der Waals surface area contributed by atoms with Gasteiger partial charge >= 0.3 is 5.97 Å². The molecule has 3 heterocycles. The number of hydrogen-bond donors (Lipinski definition) is 2. The fraction of sp³-hybridized carbons (Fsp3) is 0.129. The zero-order valence-electron chi connectivity index (χ0n) is 22.3. The standard InChI is InChI=1S/C31H25N5O3S2/c1-17-24(25-22(7-4-13-33-25)26-27(17)35(2)30(32)34-26)21-6-3-5-19(15-21)16-23-28(37)36(31(40)41-23)14-12-18-8-10-20(11-9-18)29(38)39/h3-11,13,15-16H,12,14H2,1-2H3,(H2,32,34)(H,38,39)/b23-16-. The molecule has 204 valence electrons. The summed E-state index contributed by atoms with van der Waals surface area (Å²) in [5.74, 6) is -0.661. The highest BCUT2D eigenvalue weighted by atomic mass is 32.2. The third-order valence-electron chi connectivity index (χ3n) is 7.33. The largest absolute Gasteiger partial charge is 0.478 e. The highest BCUT2D eigenvalue weighted by Gasteiger charge is 2.31. The average Bonchev–Trinajstić information content (AvgIpc) is 3.41. The van der Waals surface area contributed by atoms with E-state index in [0.717, 1.165) is 49.8 Å². The number of amides is 1. The number of carboxylic acid groups (broad SMARTS) is 1. The van der Waals surface area contributed by atoms with Crippen LogP contribution in [0.25, 0.3) is 39.1 Å². The van der Waals surface area contributed by atoms with Gasteiger partial charge in [-0.3, -0.25) is 14.7 Å². The van der Waals surface area contributed by atoms with E-state index in [1.165, 1.54) is 11.8 Å². The number of benzene rings is 3. The molecule has 0 unspecified atom stereocenters. The SMILES string of the molecule is Cc1c(-c2cccc(/C=C3\SC(=S)N(CCc4ccc(C(=O)O)cc4)C3=O)c2)c2ncccc2c2nc(N)n(C)c12. The lowest BCUT2D eigenvalue weighted by molar-refractivity contribution is -0.122.